The number of aldehydes is 1. The normalized spacial score (nSPS) is 7.38. The van der Waals surface area contributed by atoms with Gasteiger partial charge in [-0.2, -0.15) is 0 Å². The summed E-state index contributed by atoms with van der Waals surface area (Å²) in [5.74, 6) is 0.530. The second-order valence-electron chi connectivity index (χ2n) is 1.80. The largest absolute Gasteiger partial charge is 0.303 e. The maximum atomic E-state index is 9.62. The molecule has 0 aromatic carbocycles. The standard InChI is InChI=1S/C5H10O.C2H4/c1-5(2)3-4-6;1-2/h4-5H,3H2,1-2H3;1-2H2. The van der Waals surface area contributed by atoms with Gasteiger partial charge in [0.1, 0.15) is 6.29 Å². The van der Waals surface area contributed by atoms with Crippen LogP contribution in [0.3, 0.4) is 0 Å². The second kappa shape index (κ2) is 9.65. The Kier molecular flexibility index (Phi) is 12.5. The zero-order valence-electron chi connectivity index (χ0n) is 5.68. The molecule has 0 aromatic rings. The SMILES string of the molecule is C=C.CC(C)CC=O. The highest BCUT2D eigenvalue weighted by atomic mass is 16.1. The molecule has 1 nitrogen and oxygen atoms in total. The van der Waals surface area contributed by atoms with Crippen LogP contribution < -0.4 is 0 Å². The van der Waals surface area contributed by atoms with E-state index in [-0.39, 0.29) is 0 Å². The molecule has 0 fully saturated rings. The average Bonchev–Trinajstić information content (AvgIpc) is 1.72. The molecular weight excluding hydrogens is 100 g/mol. The van der Waals surface area contributed by atoms with Gasteiger partial charge in [0, 0.05) is 6.42 Å². The monoisotopic (exact) mass is 114 g/mol. The van der Waals surface area contributed by atoms with Crippen LogP contribution in [0, 0.1) is 5.92 Å². The lowest BCUT2D eigenvalue weighted by Gasteiger charge is -1.89. The number of carbonyl (C=O) groups excluding carboxylic acids is 1. The van der Waals surface area contributed by atoms with Crippen molar-refractivity contribution < 1.29 is 4.79 Å². The van der Waals surface area contributed by atoms with Crippen LogP contribution in [0.15, 0.2) is 13.2 Å². The number of carbonyl (C=O) groups is 1. The highest BCUT2D eigenvalue weighted by molar-refractivity contribution is 5.49. The maximum Gasteiger partial charge on any atom is 0.120 e. The molecule has 0 radical (unpaired) electrons. The number of rotatable bonds is 2. The first-order valence-electron chi connectivity index (χ1n) is 2.71. The summed E-state index contributed by atoms with van der Waals surface area (Å²) in [5, 5.41) is 0. The molecule has 0 aliphatic rings. The van der Waals surface area contributed by atoms with E-state index < -0.39 is 0 Å². The molecule has 0 rings (SSSR count). The minimum absolute atomic E-state index is 0.530. The summed E-state index contributed by atoms with van der Waals surface area (Å²) in [6.45, 7) is 10.0. The van der Waals surface area contributed by atoms with Gasteiger partial charge in [-0.25, -0.2) is 0 Å². The second-order valence-corrected chi connectivity index (χ2v) is 1.80. The van der Waals surface area contributed by atoms with Crippen molar-refractivity contribution in [3.63, 3.8) is 0 Å². The summed E-state index contributed by atoms with van der Waals surface area (Å²) in [6, 6.07) is 0. The number of hydrogen-bond acceptors (Lipinski definition) is 1. The van der Waals surface area contributed by atoms with E-state index in [1.807, 2.05) is 13.8 Å². The van der Waals surface area contributed by atoms with E-state index in [9.17, 15) is 4.79 Å². The van der Waals surface area contributed by atoms with Crippen molar-refractivity contribution in [3.05, 3.63) is 13.2 Å². The fourth-order valence-electron chi connectivity index (χ4n) is 0.192. The van der Waals surface area contributed by atoms with Gasteiger partial charge in [-0.3, -0.25) is 0 Å². The van der Waals surface area contributed by atoms with Crippen LogP contribution in [-0.2, 0) is 4.79 Å². The van der Waals surface area contributed by atoms with Gasteiger partial charge in [-0.05, 0) is 5.92 Å². The van der Waals surface area contributed by atoms with E-state index in [1.54, 1.807) is 0 Å². The smallest absolute Gasteiger partial charge is 0.120 e. The van der Waals surface area contributed by atoms with Crippen LogP contribution in [-0.4, -0.2) is 6.29 Å². The Morgan fingerprint density at radius 3 is 1.88 bits per heavy atom. The molecule has 0 aliphatic heterocycles. The summed E-state index contributed by atoms with van der Waals surface area (Å²) < 4.78 is 0. The lowest BCUT2D eigenvalue weighted by Crippen LogP contribution is -1.84. The van der Waals surface area contributed by atoms with Crippen molar-refractivity contribution in [2.45, 2.75) is 20.3 Å². The van der Waals surface area contributed by atoms with Crippen molar-refractivity contribution in [3.8, 4) is 0 Å². The fourth-order valence-corrected chi connectivity index (χ4v) is 0.192. The molecule has 0 aliphatic carbocycles. The maximum absolute atomic E-state index is 9.62. The van der Waals surface area contributed by atoms with Crippen molar-refractivity contribution in [2.24, 2.45) is 5.92 Å². The molecule has 1 heteroatoms. The molecular formula is C7H14O. The van der Waals surface area contributed by atoms with Crippen LogP contribution in [0.4, 0.5) is 0 Å². The molecule has 0 unspecified atom stereocenters. The third-order valence-electron chi connectivity index (χ3n) is 0.568. The first-order chi connectivity index (χ1) is 3.77. The Bertz CT molecular complexity index is 48.3. The third-order valence-corrected chi connectivity index (χ3v) is 0.568. The van der Waals surface area contributed by atoms with Crippen LogP contribution in [0.2, 0.25) is 0 Å². The molecule has 48 valence electrons. The van der Waals surface area contributed by atoms with Crippen molar-refractivity contribution in [1.29, 1.82) is 0 Å². The zero-order valence-corrected chi connectivity index (χ0v) is 5.68. The summed E-state index contributed by atoms with van der Waals surface area (Å²) in [4.78, 5) is 9.62. The van der Waals surface area contributed by atoms with Crippen LogP contribution in [0.25, 0.3) is 0 Å². The Morgan fingerprint density at radius 2 is 1.88 bits per heavy atom. The molecule has 0 saturated carbocycles. The summed E-state index contributed by atoms with van der Waals surface area (Å²) in [5.41, 5.74) is 0. The molecule has 0 heterocycles. The quantitative estimate of drug-likeness (QED) is 0.396. The van der Waals surface area contributed by atoms with E-state index in [4.69, 9.17) is 0 Å². The highest BCUT2D eigenvalue weighted by Gasteiger charge is 1.85. The lowest BCUT2D eigenvalue weighted by atomic mass is 10.2. The average molecular weight is 114 g/mol. The van der Waals surface area contributed by atoms with E-state index in [0.29, 0.717) is 12.3 Å². The van der Waals surface area contributed by atoms with Gasteiger partial charge in [-0.1, -0.05) is 13.8 Å². The van der Waals surface area contributed by atoms with Crippen molar-refractivity contribution in [1.82, 2.24) is 0 Å². The molecule has 0 atom stereocenters. The van der Waals surface area contributed by atoms with Crippen molar-refractivity contribution >= 4 is 6.29 Å². The molecule has 8 heavy (non-hydrogen) atoms. The van der Waals surface area contributed by atoms with Crippen LogP contribution in [0.5, 0.6) is 0 Å². The van der Waals surface area contributed by atoms with Gasteiger partial charge in [0.05, 0.1) is 0 Å². The first kappa shape index (κ1) is 10.4. The molecule has 0 bridgehead atoms. The van der Waals surface area contributed by atoms with E-state index >= 15 is 0 Å². The van der Waals surface area contributed by atoms with E-state index in [1.165, 1.54) is 0 Å². The summed E-state index contributed by atoms with van der Waals surface area (Å²) >= 11 is 0. The Morgan fingerprint density at radius 1 is 1.50 bits per heavy atom. The van der Waals surface area contributed by atoms with E-state index in [0.717, 1.165) is 6.29 Å². The van der Waals surface area contributed by atoms with Gasteiger partial charge in [0.15, 0.2) is 0 Å². The van der Waals surface area contributed by atoms with Crippen LogP contribution in [0.1, 0.15) is 20.3 Å². The predicted octanol–water partition coefficient (Wildman–Crippen LogP) is 2.03. The van der Waals surface area contributed by atoms with Gasteiger partial charge in [-0.15, -0.1) is 13.2 Å². The van der Waals surface area contributed by atoms with Gasteiger partial charge >= 0.3 is 0 Å². The lowest BCUT2D eigenvalue weighted by molar-refractivity contribution is -0.108. The zero-order chi connectivity index (χ0) is 6.99. The molecule has 0 saturated heterocycles. The minimum Gasteiger partial charge on any atom is -0.303 e. The van der Waals surface area contributed by atoms with Gasteiger partial charge in [0.25, 0.3) is 0 Å². The first-order valence-corrected chi connectivity index (χ1v) is 2.71. The Labute approximate surface area is 51.4 Å². The van der Waals surface area contributed by atoms with Gasteiger partial charge < -0.3 is 4.79 Å². The number of hydrogen-bond donors (Lipinski definition) is 0. The molecule has 0 N–H and O–H groups in total. The Balaban J connectivity index is 0. The molecule has 0 amide bonds. The summed E-state index contributed by atoms with van der Waals surface area (Å²) in [6.07, 6.45) is 1.64. The minimum atomic E-state index is 0.530. The van der Waals surface area contributed by atoms with Crippen LogP contribution >= 0.6 is 0 Å². The topological polar surface area (TPSA) is 17.1 Å². The van der Waals surface area contributed by atoms with E-state index in [2.05, 4.69) is 13.2 Å². The molecule has 0 aromatic heterocycles. The highest BCUT2D eigenvalue weighted by Crippen LogP contribution is 1.92. The fraction of sp³-hybridized carbons (Fsp3) is 0.571. The Hall–Kier alpha value is -0.590. The van der Waals surface area contributed by atoms with Crippen molar-refractivity contribution in [2.75, 3.05) is 0 Å². The predicted molar refractivity (Wildman–Crippen MR) is 36.8 cm³/mol. The van der Waals surface area contributed by atoms with Gasteiger partial charge in [0.2, 0.25) is 0 Å². The summed E-state index contributed by atoms with van der Waals surface area (Å²) in [7, 11) is 0. The molecule has 0 spiro atoms. The third kappa shape index (κ3) is 18.1.